The Bertz CT molecular complexity index is 258. The van der Waals surface area contributed by atoms with Gasteiger partial charge in [0.05, 0.1) is 6.10 Å². The van der Waals surface area contributed by atoms with Crippen molar-refractivity contribution < 1.29 is 19.8 Å². The van der Waals surface area contributed by atoms with Crippen LogP contribution in [0.1, 0.15) is 33.6 Å². The molecule has 5 N–H and O–H groups in total. The Balaban J connectivity index is 4.17. The molecule has 0 aromatic carbocycles. The third kappa shape index (κ3) is 6.36. The van der Waals surface area contributed by atoms with Gasteiger partial charge in [0.25, 0.3) is 0 Å². The number of amides is 1. The zero-order chi connectivity index (χ0) is 12.9. The highest BCUT2D eigenvalue weighted by Gasteiger charge is 2.25. The van der Waals surface area contributed by atoms with Gasteiger partial charge in [0, 0.05) is 12.0 Å². The Labute approximate surface area is 94.8 Å². The third-order valence-corrected chi connectivity index (χ3v) is 2.06. The Morgan fingerprint density at radius 1 is 1.44 bits per heavy atom. The number of aliphatic carboxylic acids is 1. The van der Waals surface area contributed by atoms with Crippen LogP contribution in [-0.4, -0.2) is 39.8 Å². The van der Waals surface area contributed by atoms with Crippen molar-refractivity contribution in [2.75, 3.05) is 0 Å². The van der Waals surface area contributed by atoms with Gasteiger partial charge in [0.1, 0.15) is 0 Å². The van der Waals surface area contributed by atoms with Gasteiger partial charge in [-0.25, -0.2) is 4.79 Å². The number of hydrogen-bond acceptors (Lipinski definition) is 4. The second-order valence-electron chi connectivity index (χ2n) is 4.61. The fraction of sp³-hybridized carbons (Fsp3) is 0.800. The van der Waals surface area contributed by atoms with Crippen LogP contribution in [0.15, 0.2) is 0 Å². The lowest BCUT2D eigenvalue weighted by atomic mass is 10.00. The fourth-order valence-corrected chi connectivity index (χ4v) is 1.07. The molecule has 0 aliphatic carbocycles. The number of aliphatic hydroxyl groups is 1. The second-order valence-corrected chi connectivity index (χ2v) is 4.61. The summed E-state index contributed by atoms with van der Waals surface area (Å²) in [6, 6.07) is -1.27. The van der Waals surface area contributed by atoms with Crippen LogP contribution in [0.5, 0.6) is 0 Å². The van der Waals surface area contributed by atoms with E-state index in [1.807, 2.05) is 0 Å². The number of aliphatic hydroxyl groups excluding tert-OH is 1. The van der Waals surface area contributed by atoms with Crippen molar-refractivity contribution in [1.82, 2.24) is 5.32 Å². The van der Waals surface area contributed by atoms with E-state index >= 15 is 0 Å². The summed E-state index contributed by atoms with van der Waals surface area (Å²) in [4.78, 5) is 22.0. The Kier molecular flexibility index (Phi) is 5.40. The molecule has 94 valence electrons. The summed E-state index contributed by atoms with van der Waals surface area (Å²) < 4.78 is 0. The second kappa shape index (κ2) is 5.81. The van der Waals surface area contributed by atoms with Gasteiger partial charge in [-0.15, -0.1) is 0 Å². The number of rotatable bonds is 6. The standard InChI is InChI=1S/C10H20N2O4/c1-6(13)8(9(15)16)12-7(14)4-5-10(2,3)11/h6,8,13H,4-5,11H2,1-3H3,(H,12,14)(H,15,16)/t6-,8+/m1/s1. The molecule has 0 aromatic rings. The van der Waals surface area contributed by atoms with Crippen LogP contribution in [-0.2, 0) is 9.59 Å². The first-order chi connectivity index (χ1) is 7.13. The van der Waals surface area contributed by atoms with Crippen LogP contribution in [0.4, 0.5) is 0 Å². The summed E-state index contributed by atoms with van der Waals surface area (Å²) in [7, 11) is 0. The summed E-state index contributed by atoms with van der Waals surface area (Å²) in [5.74, 6) is -1.68. The van der Waals surface area contributed by atoms with Crippen molar-refractivity contribution >= 4 is 11.9 Å². The van der Waals surface area contributed by atoms with E-state index in [2.05, 4.69) is 5.32 Å². The number of nitrogens with one attached hydrogen (secondary N) is 1. The molecule has 0 aliphatic rings. The normalized spacial score (nSPS) is 15.3. The summed E-state index contributed by atoms with van der Waals surface area (Å²) in [6.07, 6.45) is -0.544. The van der Waals surface area contributed by atoms with E-state index in [4.69, 9.17) is 15.9 Å². The molecule has 0 radical (unpaired) electrons. The number of carboxylic acid groups (broad SMARTS) is 1. The lowest BCUT2D eigenvalue weighted by Crippen LogP contribution is -2.48. The number of carbonyl (C=O) groups excluding carboxylic acids is 1. The van der Waals surface area contributed by atoms with Gasteiger partial charge in [-0.05, 0) is 27.2 Å². The molecule has 0 unspecified atom stereocenters. The van der Waals surface area contributed by atoms with E-state index in [-0.39, 0.29) is 6.42 Å². The van der Waals surface area contributed by atoms with E-state index < -0.39 is 29.6 Å². The summed E-state index contributed by atoms with van der Waals surface area (Å²) in [6.45, 7) is 4.87. The summed E-state index contributed by atoms with van der Waals surface area (Å²) in [5, 5.41) is 20.1. The highest BCUT2D eigenvalue weighted by atomic mass is 16.4. The van der Waals surface area contributed by atoms with Gasteiger partial charge in [-0.3, -0.25) is 4.79 Å². The van der Waals surface area contributed by atoms with Gasteiger partial charge in [0.15, 0.2) is 6.04 Å². The minimum atomic E-state index is -1.27. The topological polar surface area (TPSA) is 113 Å². The molecule has 1 amide bonds. The fourth-order valence-electron chi connectivity index (χ4n) is 1.07. The number of carboxylic acids is 1. The van der Waals surface area contributed by atoms with Crippen molar-refractivity contribution in [3.63, 3.8) is 0 Å². The molecule has 6 heteroatoms. The van der Waals surface area contributed by atoms with E-state index in [9.17, 15) is 9.59 Å². The Morgan fingerprint density at radius 2 is 1.94 bits per heavy atom. The Hall–Kier alpha value is -1.14. The molecule has 0 rings (SSSR count). The number of carbonyl (C=O) groups is 2. The molecule has 0 spiro atoms. The van der Waals surface area contributed by atoms with E-state index in [1.165, 1.54) is 6.92 Å². The monoisotopic (exact) mass is 232 g/mol. The minimum Gasteiger partial charge on any atom is -0.480 e. The maximum Gasteiger partial charge on any atom is 0.328 e. The average Bonchev–Trinajstić information content (AvgIpc) is 2.08. The lowest BCUT2D eigenvalue weighted by molar-refractivity contribution is -0.144. The first-order valence-electron chi connectivity index (χ1n) is 5.12. The highest BCUT2D eigenvalue weighted by molar-refractivity contribution is 5.83. The van der Waals surface area contributed by atoms with E-state index in [0.717, 1.165) is 0 Å². The third-order valence-electron chi connectivity index (χ3n) is 2.06. The highest BCUT2D eigenvalue weighted by Crippen LogP contribution is 2.07. The molecule has 0 aromatic heterocycles. The first-order valence-corrected chi connectivity index (χ1v) is 5.12. The molecular weight excluding hydrogens is 212 g/mol. The van der Waals surface area contributed by atoms with Crippen molar-refractivity contribution in [3.05, 3.63) is 0 Å². The predicted octanol–water partition coefficient (Wildman–Crippen LogP) is -0.546. The summed E-state index contributed by atoms with van der Waals surface area (Å²) in [5.41, 5.74) is 5.22. The molecule has 2 atom stereocenters. The predicted molar refractivity (Wildman–Crippen MR) is 58.7 cm³/mol. The van der Waals surface area contributed by atoms with Gasteiger partial charge in [-0.2, -0.15) is 0 Å². The lowest BCUT2D eigenvalue weighted by Gasteiger charge is -2.20. The van der Waals surface area contributed by atoms with Crippen LogP contribution < -0.4 is 11.1 Å². The first kappa shape index (κ1) is 14.9. The molecule has 16 heavy (non-hydrogen) atoms. The van der Waals surface area contributed by atoms with Gasteiger partial charge in [-0.1, -0.05) is 0 Å². The van der Waals surface area contributed by atoms with E-state index in [0.29, 0.717) is 6.42 Å². The maximum atomic E-state index is 11.4. The number of nitrogens with two attached hydrogens (primary N) is 1. The zero-order valence-electron chi connectivity index (χ0n) is 9.86. The van der Waals surface area contributed by atoms with Crippen molar-refractivity contribution in [2.24, 2.45) is 5.73 Å². The van der Waals surface area contributed by atoms with Gasteiger partial charge >= 0.3 is 5.97 Å². The quantitative estimate of drug-likeness (QED) is 0.491. The molecule has 0 saturated heterocycles. The molecule has 0 bridgehead atoms. The van der Waals surface area contributed by atoms with E-state index in [1.54, 1.807) is 13.8 Å². The molecule has 0 saturated carbocycles. The number of hydrogen-bond donors (Lipinski definition) is 4. The maximum absolute atomic E-state index is 11.4. The van der Waals surface area contributed by atoms with Crippen molar-refractivity contribution in [1.29, 1.82) is 0 Å². The van der Waals surface area contributed by atoms with Gasteiger partial charge < -0.3 is 21.3 Å². The average molecular weight is 232 g/mol. The Morgan fingerprint density at radius 3 is 2.25 bits per heavy atom. The SMILES string of the molecule is C[C@@H](O)[C@H](NC(=O)CCC(C)(C)N)C(=O)O. The van der Waals surface area contributed by atoms with Crippen LogP contribution in [0.3, 0.4) is 0 Å². The molecule has 0 aliphatic heterocycles. The largest absolute Gasteiger partial charge is 0.480 e. The van der Waals surface area contributed by atoms with Crippen LogP contribution in [0, 0.1) is 0 Å². The van der Waals surface area contributed by atoms with Crippen LogP contribution >= 0.6 is 0 Å². The van der Waals surface area contributed by atoms with Crippen molar-refractivity contribution in [2.45, 2.75) is 51.3 Å². The summed E-state index contributed by atoms with van der Waals surface area (Å²) >= 11 is 0. The van der Waals surface area contributed by atoms with Crippen molar-refractivity contribution in [3.8, 4) is 0 Å². The zero-order valence-corrected chi connectivity index (χ0v) is 9.86. The molecular formula is C10H20N2O4. The van der Waals surface area contributed by atoms with Crippen LogP contribution in [0.25, 0.3) is 0 Å². The minimum absolute atomic E-state index is 0.139. The smallest absolute Gasteiger partial charge is 0.328 e. The van der Waals surface area contributed by atoms with Gasteiger partial charge in [0.2, 0.25) is 5.91 Å². The van der Waals surface area contributed by atoms with Crippen LogP contribution in [0.2, 0.25) is 0 Å². The molecule has 0 fully saturated rings. The molecule has 6 nitrogen and oxygen atoms in total. The molecule has 0 heterocycles.